The largest absolute Gasteiger partial charge is 0.291 e. The van der Waals surface area contributed by atoms with Gasteiger partial charge in [-0.15, -0.1) is 0 Å². The van der Waals surface area contributed by atoms with Gasteiger partial charge < -0.3 is 0 Å². The van der Waals surface area contributed by atoms with E-state index < -0.39 is 0 Å². The second-order valence-corrected chi connectivity index (χ2v) is 3.94. The van der Waals surface area contributed by atoms with Crippen LogP contribution < -0.4 is 0 Å². The topological polar surface area (TPSA) is 17.1 Å². The first-order valence-corrected chi connectivity index (χ1v) is 5.05. The van der Waals surface area contributed by atoms with Crippen molar-refractivity contribution in [2.45, 2.75) is 52.9 Å². The molecule has 0 fully saturated rings. The molecule has 0 N–H and O–H groups in total. The van der Waals surface area contributed by atoms with E-state index in [0.29, 0.717) is 12.3 Å². The fourth-order valence-electron chi connectivity index (χ4n) is 1.58. The third-order valence-electron chi connectivity index (χ3n) is 2.29. The molecule has 1 heteroatoms. The Labute approximate surface area is 76.6 Å². The predicted octanol–water partition coefficient (Wildman–Crippen LogP) is 3.34. The zero-order chi connectivity index (χ0) is 9.40. The molecule has 0 aliphatic carbocycles. The van der Waals surface area contributed by atoms with Gasteiger partial charge >= 0.3 is 0 Å². The van der Waals surface area contributed by atoms with Gasteiger partial charge in [-0.25, -0.2) is 0 Å². The van der Waals surface area contributed by atoms with Crippen molar-refractivity contribution in [2.24, 2.45) is 11.8 Å². The lowest BCUT2D eigenvalue weighted by Crippen LogP contribution is -2.03. The highest BCUT2D eigenvalue weighted by atomic mass is 16.1. The highest BCUT2D eigenvalue weighted by molar-refractivity contribution is 5.50. The van der Waals surface area contributed by atoms with Crippen LogP contribution in [0, 0.1) is 11.8 Å². The molecule has 1 radical (unpaired) electrons. The van der Waals surface area contributed by atoms with Crippen LogP contribution in [0.15, 0.2) is 0 Å². The quantitative estimate of drug-likeness (QED) is 0.571. The second-order valence-electron chi connectivity index (χ2n) is 3.94. The summed E-state index contributed by atoms with van der Waals surface area (Å²) in [7, 11) is 0. The molecule has 0 aromatic carbocycles. The van der Waals surface area contributed by atoms with Gasteiger partial charge in [-0.2, -0.15) is 0 Å². The van der Waals surface area contributed by atoms with Gasteiger partial charge in [0.05, 0.1) is 0 Å². The van der Waals surface area contributed by atoms with Crippen LogP contribution in [-0.4, -0.2) is 6.29 Å². The van der Waals surface area contributed by atoms with Gasteiger partial charge in [-0.05, 0) is 18.3 Å². The highest BCUT2D eigenvalue weighted by Gasteiger charge is 2.07. The minimum absolute atomic E-state index is 0.523. The van der Waals surface area contributed by atoms with Gasteiger partial charge in [0.1, 0.15) is 0 Å². The minimum atomic E-state index is 0.523. The summed E-state index contributed by atoms with van der Waals surface area (Å²) in [6.45, 7) is 6.62. The second kappa shape index (κ2) is 7.33. The number of hydrogen-bond donors (Lipinski definition) is 0. The zero-order valence-electron chi connectivity index (χ0n) is 8.60. The number of carbonyl (C=O) groups excluding carboxylic acids is 1. The molecule has 0 amide bonds. The molecule has 1 nitrogen and oxygen atoms in total. The van der Waals surface area contributed by atoms with E-state index in [1.165, 1.54) is 25.7 Å². The van der Waals surface area contributed by atoms with Crippen LogP contribution in [0.4, 0.5) is 0 Å². The molecule has 71 valence electrons. The normalized spacial score (nSPS) is 15.6. The lowest BCUT2D eigenvalue weighted by atomic mass is 9.92. The fraction of sp³-hybridized carbons (Fsp3) is 0.909. The van der Waals surface area contributed by atoms with Crippen molar-refractivity contribution in [1.29, 1.82) is 0 Å². The fourth-order valence-corrected chi connectivity index (χ4v) is 1.58. The summed E-state index contributed by atoms with van der Waals surface area (Å²) in [5.41, 5.74) is 0. The van der Waals surface area contributed by atoms with E-state index in [9.17, 15) is 4.79 Å². The van der Waals surface area contributed by atoms with Crippen LogP contribution in [0.5, 0.6) is 0 Å². The van der Waals surface area contributed by atoms with Crippen LogP contribution >= 0.6 is 0 Å². The van der Waals surface area contributed by atoms with E-state index >= 15 is 0 Å². The van der Waals surface area contributed by atoms with Crippen molar-refractivity contribution >= 4 is 6.29 Å². The third-order valence-corrected chi connectivity index (χ3v) is 2.29. The van der Waals surface area contributed by atoms with Crippen LogP contribution in [0.3, 0.4) is 0 Å². The van der Waals surface area contributed by atoms with E-state index in [1.54, 1.807) is 0 Å². The highest BCUT2D eigenvalue weighted by Crippen LogP contribution is 2.18. The van der Waals surface area contributed by atoms with Crippen LogP contribution in [0.2, 0.25) is 0 Å². The van der Waals surface area contributed by atoms with E-state index in [1.807, 2.05) is 6.29 Å². The molecule has 0 saturated heterocycles. The van der Waals surface area contributed by atoms with Gasteiger partial charge in [0, 0.05) is 6.42 Å². The predicted molar refractivity (Wildman–Crippen MR) is 52.8 cm³/mol. The summed E-state index contributed by atoms with van der Waals surface area (Å²) in [6.07, 6.45) is 7.66. The Morgan fingerprint density at radius 3 is 2.42 bits per heavy atom. The van der Waals surface area contributed by atoms with Crippen molar-refractivity contribution in [1.82, 2.24) is 0 Å². The number of hydrogen-bond acceptors (Lipinski definition) is 1. The van der Waals surface area contributed by atoms with Crippen LogP contribution in [-0.2, 0) is 4.79 Å². The summed E-state index contributed by atoms with van der Waals surface area (Å²) < 4.78 is 0. The Balaban J connectivity index is 3.39. The molecule has 2 unspecified atom stereocenters. The van der Waals surface area contributed by atoms with Crippen molar-refractivity contribution < 1.29 is 4.79 Å². The first-order valence-electron chi connectivity index (χ1n) is 5.05. The maximum absolute atomic E-state index is 10.1. The molecule has 12 heavy (non-hydrogen) atoms. The van der Waals surface area contributed by atoms with Crippen molar-refractivity contribution in [2.75, 3.05) is 0 Å². The van der Waals surface area contributed by atoms with Gasteiger partial charge in [0.2, 0.25) is 0 Å². The number of unbranched alkanes of at least 4 members (excludes halogenated alkanes) is 1. The van der Waals surface area contributed by atoms with Gasteiger partial charge in [0.15, 0.2) is 6.29 Å². The van der Waals surface area contributed by atoms with Crippen molar-refractivity contribution in [3.05, 3.63) is 0 Å². The lowest BCUT2D eigenvalue weighted by Gasteiger charge is -2.14. The average molecular weight is 169 g/mol. The third kappa shape index (κ3) is 6.38. The zero-order valence-corrected chi connectivity index (χ0v) is 8.60. The summed E-state index contributed by atoms with van der Waals surface area (Å²) in [5.74, 6) is 1.29. The van der Waals surface area contributed by atoms with Crippen LogP contribution in [0.25, 0.3) is 0 Å². The van der Waals surface area contributed by atoms with Crippen LogP contribution in [0.1, 0.15) is 52.9 Å². The first-order chi connectivity index (χ1) is 5.70. The van der Waals surface area contributed by atoms with Crippen molar-refractivity contribution in [3.63, 3.8) is 0 Å². The Morgan fingerprint density at radius 1 is 1.25 bits per heavy atom. The molecule has 0 heterocycles. The monoisotopic (exact) mass is 169 g/mol. The molecular weight excluding hydrogens is 148 g/mol. The Bertz CT molecular complexity index is 110. The standard InChI is InChI=1S/C11H21O/c1-4-5-6-10(2)9-11(3)7-8-12/h10-11H,4-7,9H2,1-3H3. The molecule has 0 aliphatic rings. The Hall–Kier alpha value is -0.330. The van der Waals surface area contributed by atoms with E-state index in [4.69, 9.17) is 0 Å². The smallest absolute Gasteiger partial charge is 0.198 e. The minimum Gasteiger partial charge on any atom is -0.291 e. The van der Waals surface area contributed by atoms with E-state index in [-0.39, 0.29) is 0 Å². The first kappa shape index (κ1) is 11.7. The molecule has 0 saturated carbocycles. The summed E-state index contributed by atoms with van der Waals surface area (Å²) >= 11 is 0. The molecular formula is C11H21O. The van der Waals surface area contributed by atoms with E-state index in [0.717, 1.165) is 5.92 Å². The molecule has 0 bridgehead atoms. The SMILES string of the molecule is CCCCC(C)CC(C)C[C]=O. The maximum Gasteiger partial charge on any atom is 0.198 e. The molecule has 0 aromatic rings. The van der Waals surface area contributed by atoms with Crippen molar-refractivity contribution in [3.8, 4) is 0 Å². The van der Waals surface area contributed by atoms with Gasteiger partial charge in [-0.1, -0.05) is 40.0 Å². The van der Waals surface area contributed by atoms with E-state index in [2.05, 4.69) is 20.8 Å². The summed E-state index contributed by atoms with van der Waals surface area (Å²) in [5, 5.41) is 0. The summed E-state index contributed by atoms with van der Waals surface area (Å²) in [6, 6.07) is 0. The number of rotatable bonds is 7. The summed E-state index contributed by atoms with van der Waals surface area (Å²) in [4.78, 5) is 10.1. The van der Waals surface area contributed by atoms with Gasteiger partial charge in [0.25, 0.3) is 0 Å². The van der Waals surface area contributed by atoms with Gasteiger partial charge in [-0.3, -0.25) is 4.79 Å². The Kier molecular flexibility index (Phi) is 7.12. The molecule has 0 aliphatic heterocycles. The maximum atomic E-state index is 10.1. The average Bonchev–Trinajstić information content (AvgIpc) is 2.01. The lowest BCUT2D eigenvalue weighted by molar-refractivity contribution is 0.388. The Morgan fingerprint density at radius 2 is 1.92 bits per heavy atom. The molecule has 0 spiro atoms. The molecule has 0 rings (SSSR count). The molecule has 2 atom stereocenters. The molecule has 0 aromatic heterocycles.